The molecule has 0 radical (unpaired) electrons. The normalized spacial score (nSPS) is 11.9. The van der Waals surface area contributed by atoms with Crippen LogP contribution in [-0.4, -0.2) is 25.7 Å². The predicted molar refractivity (Wildman–Crippen MR) is 73.9 cm³/mol. The summed E-state index contributed by atoms with van der Waals surface area (Å²) in [5, 5.41) is 27.0. The van der Waals surface area contributed by atoms with Gasteiger partial charge in [0.25, 0.3) is 11.6 Å². The van der Waals surface area contributed by atoms with Crippen LogP contribution in [0.4, 0.5) is 5.69 Å². The van der Waals surface area contributed by atoms with E-state index in [1.54, 1.807) is 31.0 Å². The zero-order valence-corrected chi connectivity index (χ0v) is 11.5. The molecule has 1 amide bonds. The van der Waals surface area contributed by atoms with E-state index in [1.807, 2.05) is 0 Å². The fraction of sp³-hybridized carbons (Fsp3) is 0.231. The van der Waals surface area contributed by atoms with Crippen LogP contribution in [0.15, 0.2) is 30.6 Å². The van der Waals surface area contributed by atoms with Crippen LogP contribution in [0, 0.1) is 10.1 Å². The van der Waals surface area contributed by atoms with Crippen LogP contribution in [0.5, 0.6) is 5.75 Å². The quantitative estimate of drug-likeness (QED) is 0.655. The van der Waals surface area contributed by atoms with Crippen molar-refractivity contribution in [2.75, 3.05) is 0 Å². The number of aromatic hydroxyl groups is 1. The van der Waals surface area contributed by atoms with Crippen LogP contribution in [0.3, 0.4) is 0 Å². The Morgan fingerprint density at radius 2 is 2.24 bits per heavy atom. The smallest absolute Gasteiger partial charge is 0.273 e. The molecule has 0 spiro atoms. The number of nitro groups is 1. The Balaban J connectivity index is 2.15. The van der Waals surface area contributed by atoms with E-state index in [9.17, 15) is 20.0 Å². The topological polar surface area (TPSA) is 110 Å². The summed E-state index contributed by atoms with van der Waals surface area (Å²) in [7, 11) is 1.76. The zero-order chi connectivity index (χ0) is 15.6. The van der Waals surface area contributed by atoms with Gasteiger partial charge in [-0.1, -0.05) is 0 Å². The zero-order valence-electron chi connectivity index (χ0n) is 11.5. The number of nitrogens with one attached hydrogen (secondary N) is 1. The summed E-state index contributed by atoms with van der Waals surface area (Å²) in [6, 6.07) is 3.03. The maximum absolute atomic E-state index is 12.1. The number of aryl methyl sites for hydroxylation is 1. The third kappa shape index (κ3) is 3.16. The third-order valence-electron chi connectivity index (χ3n) is 3.01. The van der Waals surface area contributed by atoms with Gasteiger partial charge in [0, 0.05) is 24.9 Å². The van der Waals surface area contributed by atoms with E-state index in [-0.39, 0.29) is 17.3 Å². The third-order valence-corrected chi connectivity index (χ3v) is 3.01. The molecule has 0 aliphatic carbocycles. The SMILES string of the molecule is CC(NC(=O)c1ccc([N+](=O)[O-])cc1O)c1cnn(C)c1. The highest BCUT2D eigenvalue weighted by molar-refractivity contribution is 5.97. The van der Waals surface area contributed by atoms with Crippen LogP contribution in [0.25, 0.3) is 0 Å². The fourth-order valence-corrected chi connectivity index (χ4v) is 1.85. The van der Waals surface area contributed by atoms with Crippen molar-refractivity contribution in [1.82, 2.24) is 15.1 Å². The highest BCUT2D eigenvalue weighted by Crippen LogP contribution is 2.24. The monoisotopic (exact) mass is 290 g/mol. The average molecular weight is 290 g/mol. The number of phenols is 1. The summed E-state index contributed by atoms with van der Waals surface area (Å²) in [5.41, 5.74) is 0.521. The molecule has 1 atom stereocenters. The van der Waals surface area contributed by atoms with Gasteiger partial charge in [0.1, 0.15) is 5.75 Å². The molecule has 0 saturated carbocycles. The highest BCUT2D eigenvalue weighted by Gasteiger charge is 2.18. The van der Waals surface area contributed by atoms with E-state index < -0.39 is 16.6 Å². The minimum Gasteiger partial charge on any atom is -0.507 e. The number of carbonyl (C=O) groups is 1. The average Bonchev–Trinajstić information content (AvgIpc) is 2.85. The van der Waals surface area contributed by atoms with Crippen molar-refractivity contribution in [2.24, 2.45) is 7.05 Å². The summed E-state index contributed by atoms with van der Waals surface area (Å²) >= 11 is 0. The summed E-state index contributed by atoms with van der Waals surface area (Å²) in [6.45, 7) is 1.78. The Morgan fingerprint density at radius 1 is 1.52 bits per heavy atom. The summed E-state index contributed by atoms with van der Waals surface area (Å²) in [5.74, 6) is -0.946. The molecule has 1 unspecified atom stereocenters. The van der Waals surface area contributed by atoms with Crippen molar-refractivity contribution >= 4 is 11.6 Å². The number of carbonyl (C=O) groups excluding carboxylic acids is 1. The van der Waals surface area contributed by atoms with Crippen molar-refractivity contribution in [1.29, 1.82) is 0 Å². The number of benzene rings is 1. The van der Waals surface area contributed by atoms with E-state index in [4.69, 9.17) is 0 Å². The molecule has 1 heterocycles. The van der Waals surface area contributed by atoms with E-state index in [1.165, 1.54) is 12.1 Å². The maximum atomic E-state index is 12.1. The van der Waals surface area contributed by atoms with Gasteiger partial charge in [-0.25, -0.2) is 0 Å². The number of amides is 1. The number of aromatic nitrogens is 2. The summed E-state index contributed by atoms with van der Waals surface area (Å²) in [6.07, 6.45) is 3.39. The molecule has 1 aromatic heterocycles. The Labute approximate surface area is 120 Å². The molecular weight excluding hydrogens is 276 g/mol. The molecule has 2 aromatic rings. The first kappa shape index (κ1) is 14.5. The van der Waals surface area contributed by atoms with Gasteiger partial charge in [-0.05, 0) is 13.0 Å². The lowest BCUT2D eigenvalue weighted by atomic mass is 10.1. The van der Waals surface area contributed by atoms with Crippen molar-refractivity contribution < 1.29 is 14.8 Å². The second-order valence-corrected chi connectivity index (χ2v) is 4.60. The Bertz CT molecular complexity index is 695. The largest absolute Gasteiger partial charge is 0.507 e. The number of nitro benzene ring substituents is 1. The molecule has 0 bridgehead atoms. The Morgan fingerprint density at radius 3 is 2.76 bits per heavy atom. The van der Waals surface area contributed by atoms with Crippen molar-refractivity contribution in [2.45, 2.75) is 13.0 Å². The van der Waals surface area contributed by atoms with Crippen molar-refractivity contribution in [3.8, 4) is 5.75 Å². The number of non-ortho nitro benzene ring substituents is 1. The van der Waals surface area contributed by atoms with Crippen molar-refractivity contribution in [3.05, 3.63) is 51.8 Å². The lowest BCUT2D eigenvalue weighted by Crippen LogP contribution is -2.26. The maximum Gasteiger partial charge on any atom is 0.273 e. The fourth-order valence-electron chi connectivity index (χ4n) is 1.85. The molecule has 0 aliphatic rings. The van der Waals surface area contributed by atoms with Gasteiger partial charge in [-0.2, -0.15) is 5.10 Å². The van der Waals surface area contributed by atoms with Crippen LogP contribution >= 0.6 is 0 Å². The van der Waals surface area contributed by atoms with Gasteiger partial charge in [-0.3, -0.25) is 19.6 Å². The molecule has 0 aliphatic heterocycles. The van der Waals surface area contributed by atoms with Crippen LogP contribution in [-0.2, 0) is 7.05 Å². The van der Waals surface area contributed by atoms with E-state index in [2.05, 4.69) is 10.4 Å². The molecule has 110 valence electrons. The molecule has 1 aromatic carbocycles. The molecule has 0 fully saturated rings. The number of nitrogens with zero attached hydrogens (tertiary/aromatic N) is 3. The second kappa shape index (κ2) is 5.61. The first-order valence-electron chi connectivity index (χ1n) is 6.15. The molecule has 21 heavy (non-hydrogen) atoms. The van der Waals surface area contributed by atoms with Gasteiger partial charge in [0.2, 0.25) is 0 Å². The molecule has 2 rings (SSSR count). The van der Waals surface area contributed by atoms with Crippen LogP contribution in [0.1, 0.15) is 28.9 Å². The molecule has 8 heteroatoms. The van der Waals surface area contributed by atoms with E-state index in [0.29, 0.717) is 0 Å². The molecule has 8 nitrogen and oxygen atoms in total. The predicted octanol–water partition coefficient (Wildman–Crippen LogP) is 1.52. The van der Waals surface area contributed by atoms with Crippen LogP contribution < -0.4 is 5.32 Å². The van der Waals surface area contributed by atoms with Gasteiger partial charge in [0.05, 0.1) is 28.8 Å². The highest BCUT2D eigenvalue weighted by atomic mass is 16.6. The minimum atomic E-state index is -0.639. The van der Waals surface area contributed by atoms with E-state index >= 15 is 0 Å². The number of phenolic OH excluding ortho intramolecular Hbond substituents is 1. The molecule has 2 N–H and O–H groups in total. The van der Waals surface area contributed by atoms with Gasteiger partial charge in [-0.15, -0.1) is 0 Å². The van der Waals surface area contributed by atoms with Gasteiger partial charge in [0.15, 0.2) is 0 Å². The number of hydrogen-bond acceptors (Lipinski definition) is 5. The summed E-state index contributed by atoms with van der Waals surface area (Å²) < 4.78 is 1.61. The molecular formula is C13H14N4O4. The molecule has 0 saturated heterocycles. The van der Waals surface area contributed by atoms with Crippen LogP contribution in [0.2, 0.25) is 0 Å². The Kier molecular flexibility index (Phi) is 3.88. The van der Waals surface area contributed by atoms with E-state index in [0.717, 1.165) is 11.6 Å². The van der Waals surface area contributed by atoms with Gasteiger partial charge >= 0.3 is 0 Å². The number of hydrogen-bond donors (Lipinski definition) is 2. The lowest BCUT2D eigenvalue weighted by molar-refractivity contribution is -0.384. The van der Waals surface area contributed by atoms with Gasteiger partial charge < -0.3 is 10.4 Å². The lowest BCUT2D eigenvalue weighted by Gasteiger charge is -2.12. The first-order valence-corrected chi connectivity index (χ1v) is 6.15. The Hall–Kier alpha value is -2.90. The van der Waals surface area contributed by atoms with Crippen molar-refractivity contribution in [3.63, 3.8) is 0 Å². The second-order valence-electron chi connectivity index (χ2n) is 4.60. The minimum absolute atomic E-state index is 0.0173. The first-order chi connectivity index (χ1) is 9.88. The standard InChI is InChI=1S/C13H14N4O4/c1-8(9-6-14-16(2)7-9)15-13(19)11-4-3-10(17(20)21)5-12(11)18/h3-8,18H,1-2H3,(H,15,19). The number of rotatable bonds is 4. The summed E-state index contributed by atoms with van der Waals surface area (Å²) in [4.78, 5) is 22.0.